The fraction of sp³-hybridized carbons (Fsp3) is 0.455. The van der Waals surface area contributed by atoms with Crippen molar-refractivity contribution in [3.05, 3.63) is 52.3 Å². The molecule has 0 bridgehead atoms. The highest BCUT2D eigenvalue weighted by atomic mass is 35.5. The average molecular weight is 684 g/mol. The molecule has 4 aromatic rings. The number of methoxy groups -OCH3 is 1. The summed E-state index contributed by atoms with van der Waals surface area (Å²) in [5.74, 6) is 0.948. The van der Waals surface area contributed by atoms with Gasteiger partial charge < -0.3 is 30.5 Å². The van der Waals surface area contributed by atoms with Crippen LogP contribution in [0.4, 0.5) is 11.5 Å². The Labute approximate surface area is 283 Å². The Morgan fingerprint density at radius 2 is 1.77 bits per heavy atom. The minimum Gasteiger partial charge on any atom is -0.495 e. The van der Waals surface area contributed by atoms with Gasteiger partial charge in [-0.25, -0.2) is 14.6 Å². The summed E-state index contributed by atoms with van der Waals surface area (Å²) >= 11 is 12.7. The SMILES string of the molecule is CC(=O)O.COc1cc(-c2nn(C3CCC(N4CCN(C)CC4)CC3)c3ncnc(N)c23)ccc1NC1COc2cc(Cl)cc(Cl)c21. The second kappa shape index (κ2) is 14.1. The van der Waals surface area contributed by atoms with E-state index in [1.54, 1.807) is 19.2 Å². The zero-order chi connectivity index (χ0) is 33.2. The number of likely N-dealkylation sites (N-methyl/N-ethyl adjacent to an activating group) is 1. The Kier molecular flexibility index (Phi) is 9.93. The highest BCUT2D eigenvalue weighted by Gasteiger charge is 2.32. The first-order chi connectivity index (χ1) is 22.6. The maximum atomic E-state index is 9.00. The van der Waals surface area contributed by atoms with E-state index >= 15 is 0 Å². The van der Waals surface area contributed by atoms with Crippen molar-refractivity contribution in [3.8, 4) is 22.8 Å². The first-order valence-electron chi connectivity index (χ1n) is 15.8. The Balaban J connectivity index is 0.000000915. The summed E-state index contributed by atoms with van der Waals surface area (Å²) in [4.78, 5) is 23.1. The quantitative estimate of drug-likeness (QED) is 0.228. The van der Waals surface area contributed by atoms with E-state index in [-0.39, 0.29) is 12.1 Å². The van der Waals surface area contributed by atoms with E-state index in [1.165, 1.54) is 6.33 Å². The number of carboxylic acids is 1. The van der Waals surface area contributed by atoms with Gasteiger partial charge in [0.1, 0.15) is 35.9 Å². The summed E-state index contributed by atoms with van der Waals surface area (Å²) in [5.41, 5.74) is 10.6. The summed E-state index contributed by atoms with van der Waals surface area (Å²) < 4.78 is 13.8. The minimum atomic E-state index is -0.833. The summed E-state index contributed by atoms with van der Waals surface area (Å²) in [7, 11) is 3.86. The highest BCUT2D eigenvalue weighted by molar-refractivity contribution is 6.35. The molecule has 0 spiro atoms. The number of nitrogens with one attached hydrogen (secondary N) is 1. The topological polar surface area (TPSA) is 144 Å². The number of fused-ring (bicyclic) bond motifs is 2. The molecule has 1 saturated carbocycles. The van der Waals surface area contributed by atoms with Crippen LogP contribution in [-0.4, -0.2) is 93.6 Å². The third kappa shape index (κ3) is 7.06. The smallest absolute Gasteiger partial charge is 0.300 e. The molecule has 2 aliphatic heterocycles. The van der Waals surface area contributed by atoms with Crippen LogP contribution in [0.15, 0.2) is 36.7 Å². The monoisotopic (exact) mass is 682 g/mol. The number of carbonyl (C=O) groups is 1. The number of rotatable bonds is 6. The first kappa shape index (κ1) is 33.1. The van der Waals surface area contributed by atoms with Gasteiger partial charge in [0, 0.05) is 55.3 Å². The number of hydrogen-bond acceptors (Lipinski definition) is 10. The molecule has 2 fully saturated rings. The number of benzene rings is 2. The fourth-order valence-corrected chi connectivity index (χ4v) is 7.45. The third-order valence-corrected chi connectivity index (χ3v) is 9.73. The molecule has 0 radical (unpaired) electrons. The Hall–Kier alpha value is -3.84. The van der Waals surface area contributed by atoms with E-state index in [0.29, 0.717) is 40.0 Å². The lowest BCUT2D eigenvalue weighted by Gasteiger charge is -2.41. The normalized spacial score (nSPS) is 21.4. The molecule has 12 nitrogen and oxygen atoms in total. The molecule has 47 heavy (non-hydrogen) atoms. The Bertz CT molecular complexity index is 1750. The van der Waals surface area contributed by atoms with Crippen molar-refractivity contribution < 1.29 is 19.4 Å². The van der Waals surface area contributed by atoms with Gasteiger partial charge in [-0.3, -0.25) is 9.69 Å². The van der Waals surface area contributed by atoms with E-state index in [4.69, 9.17) is 53.4 Å². The van der Waals surface area contributed by atoms with Crippen molar-refractivity contribution in [1.82, 2.24) is 29.5 Å². The van der Waals surface area contributed by atoms with E-state index in [2.05, 4.69) is 36.8 Å². The number of hydrogen-bond donors (Lipinski definition) is 3. The van der Waals surface area contributed by atoms with E-state index < -0.39 is 5.97 Å². The number of aliphatic carboxylic acids is 1. The van der Waals surface area contributed by atoms with E-state index in [0.717, 1.165) is 92.3 Å². The van der Waals surface area contributed by atoms with Gasteiger partial charge in [0.25, 0.3) is 5.97 Å². The molecule has 4 heterocycles. The molecule has 2 aromatic heterocycles. The van der Waals surface area contributed by atoms with Gasteiger partial charge >= 0.3 is 0 Å². The molecule has 0 amide bonds. The molecular formula is C33H40Cl2N8O4. The van der Waals surface area contributed by atoms with Crippen molar-refractivity contribution in [2.24, 2.45) is 0 Å². The maximum absolute atomic E-state index is 9.00. The number of nitrogens with zero attached hydrogens (tertiary/aromatic N) is 6. The van der Waals surface area contributed by atoms with E-state index in [1.807, 2.05) is 18.2 Å². The lowest BCUT2D eigenvalue weighted by Crippen LogP contribution is -2.49. The number of aromatic nitrogens is 4. The molecule has 1 saturated heterocycles. The largest absolute Gasteiger partial charge is 0.495 e. The number of carboxylic acid groups (broad SMARTS) is 1. The molecule has 7 rings (SSSR count). The average Bonchev–Trinajstić information content (AvgIpc) is 3.64. The van der Waals surface area contributed by atoms with Gasteiger partial charge in [-0.1, -0.05) is 29.3 Å². The number of nitrogens with two attached hydrogens (primary N) is 1. The number of piperazine rings is 1. The first-order valence-corrected chi connectivity index (χ1v) is 16.6. The summed E-state index contributed by atoms with van der Waals surface area (Å²) in [5, 5.41) is 18.0. The second-order valence-electron chi connectivity index (χ2n) is 12.3. The molecule has 4 N–H and O–H groups in total. The van der Waals surface area contributed by atoms with Crippen LogP contribution < -0.4 is 20.5 Å². The number of anilines is 2. The standard InChI is InChI=1S/C31H36Cl2N8O2.C2H4O2/c1-39-9-11-40(12-10-39)20-4-6-21(7-5-20)41-31-28(30(34)35-17-36-31)29(38-41)18-3-8-23(25(13-18)42-2)37-24-16-43-26-15-19(32)14-22(33)27(24)26;1-2(3)4/h3,8,13-15,17,20-21,24,37H,4-7,9-12,16H2,1-2H3,(H2,34,35,36);1H3,(H,3,4). The number of halogens is 2. The minimum absolute atomic E-state index is 0.149. The summed E-state index contributed by atoms with van der Waals surface area (Å²) in [6.07, 6.45) is 5.96. The van der Waals surface area contributed by atoms with Crippen LogP contribution in [0.1, 0.15) is 50.3 Å². The summed E-state index contributed by atoms with van der Waals surface area (Å²) in [6.45, 7) is 6.11. The summed E-state index contributed by atoms with van der Waals surface area (Å²) in [6, 6.07) is 10.3. The highest BCUT2D eigenvalue weighted by Crippen LogP contribution is 2.44. The maximum Gasteiger partial charge on any atom is 0.300 e. The van der Waals surface area contributed by atoms with Crippen molar-refractivity contribution in [3.63, 3.8) is 0 Å². The van der Waals surface area contributed by atoms with Gasteiger partial charge in [0.15, 0.2) is 5.65 Å². The van der Waals surface area contributed by atoms with Gasteiger partial charge in [-0.05, 0) is 57.0 Å². The third-order valence-electron chi connectivity index (χ3n) is 9.20. The molecule has 1 aliphatic carbocycles. The zero-order valence-corrected chi connectivity index (χ0v) is 28.3. The second-order valence-corrected chi connectivity index (χ2v) is 13.1. The molecule has 2 aromatic carbocycles. The van der Waals surface area contributed by atoms with Crippen LogP contribution in [-0.2, 0) is 4.79 Å². The molecule has 14 heteroatoms. The van der Waals surface area contributed by atoms with Crippen molar-refractivity contribution in [1.29, 1.82) is 0 Å². The van der Waals surface area contributed by atoms with Crippen LogP contribution in [0, 0.1) is 0 Å². The van der Waals surface area contributed by atoms with E-state index in [9.17, 15) is 0 Å². The lowest BCUT2D eigenvalue weighted by molar-refractivity contribution is -0.134. The predicted octanol–water partition coefficient (Wildman–Crippen LogP) is 5.76. The Morgan fingerprint density at radius 3 is 2.47 bits per heavy atom. The van der Waals surface area contributed by atoms with Gasteiger partial charge in [-0.2, -0.15) is 5.10 Å². The Morgan fingerprint density at radius 1 is 1.06 bits per heavy atom. The molecular weight excluding hydrogens is 643 g/mol. The van der Waals surface area contributed by atoms with Crippen molar-refractivity contribution in [2.45, 2.75) is 50.7 Å². The molecule has 1 atom stereocenters. The zero-order valence-electron chi connectivity index (χ0n) is 26.7. The van der Waals surface area contributed by atoms with Gasteiger partial charge in [0.2, 0.25) is 0 Å². The fourth-order valence-electron chi connectivity index (χ4n) is 6.84. The predicted molar refractivity (Wildman–Crippen MR) is 184 cm³/mol. The van der Waals surface area contributed by atoms with Gasteiger partial charge in [0.05, 0.1) is 35.3 Å². The van der Waals surface area contributed by atoms with Crippen LogP contribution in [0.5, 0.6) is 11.5 Å². The number of nitrogen functional groups attached to an aromatic ring is 1. The van der Waals surface area contributed by atoms with Crippen molar-refractivity contribution >= 4 is 51.7 Å². The number of ether oxygens (including phenoxy) is 2. The molecule has 1 unspecified atom stereocenters. The van der Waals surface area contributed by atoms with Crippen LogP contribution >= 0.6 is 23.2 Å². The van der Waals surface area contributed by atoms with Gasteiger partial charge in [-0.15, -0.1) is 0 Å². The van der Waals surface area contributed by atoms with Crippen LogP contribution in [0.2, 0.25) is 10.0 Å². The molecule has 250 valence electrons. The molecule has 3 aliphatic rings. The van der Waals surface area contributed by atoms with Crippen LogP contribution in [0.3, 0.4) is 0 Å². The van der Waals surface area contributed by atoms with Crippen molar-refractivity contribution in [2.75, 3.05) is 58.0 Å². The van der Waals surface area contributed by atoms with Crippen LogP contribution in [0.25, 0.3) is 22.3 Å². The lowest BCUT2D eigenvalue weighted by atomic mass is 9.90.